The average Bonchev–Trinajstić information content (AvgIpc) is 3.21. The van der Waals surface area contributed by atoms with Gasteiger partial charge in [0, 0.05) is 45.7 Å². The van der Waals surface area contributed by atoms with Crippen LogP contribution >= 0.6 is 0 Å². The number of nitrogens with one attached hydrogen (secondary N) is 1. The summed E-state index contributed by atoms with van der Waals surface area (Å²) in [6.07, 6.45) is 0.295. The standard InChI is InChI=1S/C18H23N3O4/c1-18(9-16(22)19-11-18)17(23)21-6-4-20(5-7-21)10-13-2-3-14-15(8-13)25-12-24-14/h2-3,8H,4-7,9-12H2,1H3,(H,19,22). The zero-order chi connectivity index (χ0) is 17.4. The highest BCUT2D eigenvalue weighted by atomic mass is 16.7. The lowest BCUT2D eigenvalue weighted by molar-refractivity contribution is -0.143. The summed E-state index contributed by atoms with van der Waals surface area (Å²) < 4.78 is 10.8. The van der Waals surface area contributed by atoms with Crippen molar-refractivity contribution in [3.05, 3.63) is 23.8 Å². The Balaban J connectivity index is 1.32. The zero-order valence-electron chi connectivity index (χ0n) is 14.4. The Morgan fingerprint density at radius 2 is 1.96 bits per heavy atom. The summed E-state index contributed by atoms with van der Waals surface area (Å²) in [6.45, 7) is 6.51. The van der Waals surface area contributed by atoms with Gasteiger partial charge in [-0.15, -0.1) is 0 Å². The van der Waals surface area contributed by atoms with Crippen molar-refractivity contribution in [2.45, 2.75) is 19.9 Å². The van der Waals surface area contributed by atoms with Crippen LogP contribution in [-0.2, 0) is 16.1 Å². The number of hydrogen-bond acceptors (Lipinski definition) is 5. The Labute approximate surface area is 146 Å². The molecule has 1 aromatic carbocycles. The molecule has 1 unspecified atom stereocenters. The van der Waals surface area contributed by atoms with Crippen LogP contribution in [0, 0.1) is 5.41 Å². The van der Waals surface area contributed by atoms with Gasteiger partial charge in [0.1, 0.15) is 0 Å². The van der Waals surface area contributed by atoms with Gasteiger partial charge in [0.05, 0.1) is 5.41 Å². The van der Waals surface area contributed by atoms with Crippen molar-refractivity contribution in [1.29, 1.82) is 0 Å². The van der Waals surface area contributed by atoms with E-state index in [0.29, 0.717) is 26.1 Å². The van der Waals surface area contributed by atoms with Crippen LogP contribution in [0.1, 0.15) is 18.9 Å². The van der Waals surface area contributed by atoms with E-state index in [0.717, 1.165) is 31.1 Å². The molecule has 2 fully saturated rings. The maximum Gasteiger partial charge on any atom is 0.231 e. The number of hydrogen-bond donors (Lipinski definition) is 1. The first-order chi connectivity index (χ1) is 12.0. The van der Waals surface area contributed by atoms with Crippen molar-refractivity contribution in [2.75, 3.05) is 39.5 Å². The number of rotatable bonds is 3. The van der Waals surface area contributed by atoms with Crippen molar-refractivity contribution in [1.82, 2.24) is 15.1 Å². The van der Waals surface area contributed by atoms with Crippen LogP contribution in [-0.4, -0.2) is 61.1 Å². The molecule has 0 radical (unpaired) electrons. The number of carbonyl (C=O) groups is 2. The molecule has 1 aromatic rings. The predicted octanol–water partition coefficient (Wildman–Crippen LogP) is 0.586. The number of nitrogens with zero attached hydrogens (tertiary/aromatic N) is 2. The van der Waals surface area contributed by atoms with E-state index in [1.807, 2.05) is 24.0 Å². The minimum atomic E-state index is -0.587. The van der Waals surface area contributed by atoms with Crippen LogP contribution in [0.5, 0.6) is 11.5 Å². The molecule has 3 heterocycles. The lowest BCUT2D eigenvalue weighted by Crippen LogP contribution is -2.52. The Kier molecular flexibility index (Phi) is 4.03. The largest absolute Gasteiger partial charge is 0.454 e. The predicted molar refractivity (Wildman–Crippen MR) is 90.2 cm³/mol. The number of fused-ring (bicyclic) bond motifs is 1. The zero-order valence-corrected chi connectivity index (χ0v) is 14.4. The molecule has 0 bridgehead atoms. The summed E-state index contributed by atoms with van der Waals surface area (Å²) in [5.74, 6) is 1.66. The molecule has 1 N–H and O–H groups in total. The third-order valence-corrected chi connectivity index (χ3v) is 5.25. The molecule has 2 amide bonds. The fourth-order valence-electron chi connectivity index (χ4n) is 3.71. The van der Waals surface area contributed by atoms with E-state index in [9.17, 15) is 9.59 Å². The maximum atomic E-state index is 12.7. The lowest BCUT2D eigenvalue weighted by Gasteiger charge is -2.38. The van der Waals surface area contributed by atoms with E-state index in [1.165, 1.54) is 5.56 Å². The first-order valence-electron chi connectivity index (χ1n) is 8.70. The smallest absolute Gasteiger partial charge is 0.231 e. The molecule has 7 nitrogen and oxygen atoms in total. The number of amides is 2. The highest BCUT2D eigenvalue weighted by Crippen LogP contribution is 2.33. The third-order valence-electron chi connectivity index (χ3n) is 5.25. The molecule has 25 heavy (non-hydrogen) atoms. The van der Waals surface area contributed by atoms with Gasteiger partial charge in [-0.25, -0.2) is 0 Å². The Morgan fingerprint density at radius 3 is 2.68 bits per heavy atom. The molecule has 3 aliphatic heterocycles. The number of piperazine rings is 1. The molecular formula is C18H23N3O4. The van der Waals surface area contributed by atoms with Gasteiger partial charge in [-0.3, -0.25) is 14.5 Å². The second-order valence-corrected chi connectivity index (χ2v) is 7.27. The van der Waals surface area contributed by atoms with E-state index >= 15 is 0 Å². The molecule has 1 atom stereocenters. The normalized spacial score (nSPS) is 26.0. The van der Waals surface area contributed by atoms with Crippen molar-refractivity contribution in [3.8, 4) is 11.5 Å². The maximum absolute atomic E-state index is 12.7. The number of benzene rings is 1. The Hall–Kier alpha value is -2.28. The fourth-order valence-corrected chi connectivity index (χ4v) is 3.71. The van der Waals surface area contributed by atoms with Crippen LogP contribution in [0.25, 0.3) is 0 Å². The van der Waals surface area contributed by atoms with Crippen LogP contribution in [0.2, 0.25) is 0 Å². The van der Waals surface area contributed by atoms with Gasteiger partial charge in [-0.1, -0.05) is 6.07 Å². The molecule has 4 rings (SSSR count). The molecule has 0 aromatic heterocycles. The van der Waals surface area contributed by atoms with E-state index < -0.39 is 5.41 Å². The summed E-state index contributed by atoms with van der Waals surface area (Å²) in [4.78, 5) is 28.5. The summed E-state index contributed by atoms with van der Waals surface area (Å²) in [7, 11) is 0. The third kappa shape index (κ3) is 3.16. The van der Waals surface area contributed by atoms with Gasteiger partial charge in [0.25, 0.3) is 0 Å². The topological polar surface area (TPSA) is 71.1 Å². The van der Waals surface area contributed by atoms with Gasteiger partial charge < -0.3 is 19.7 Å². The second-order valence-electron chi connectivity index (χ2n) is 7.27. The Bertz CT molecular complexity index is 700. The monoisotopic (exact) mass is 345 g/mol. The summed E-state index contributed by atoms with van der Waals surface area (Å²) in [6, 6.07) is 6.03. The quantitative estimate of drug-likeness (QED) is 0.868. The molecule has 7 heteroatoms. The van der Waals surface area contributed by atoms with E-state index in [2.05, 4.69) is 16.3 Å². The minimum Gasteiger partial charge on any atom is -0.454 e. The molecule has 134 valence electrons. The van der Waals surface area contributed by atoms with Crippen LogP contribution in [0.4, 0.5) is 0 Å². The highest BCUT2D eigenvalue weighted by molar-refractivity contribution is 5.92. The molecular weight excluding hydrogens is 322 g/mol. The van der Waals surface area contributed by atoms with E-state index in [1.54, 1.807) is 0 Å². The van der Waals surface area contributed by atoms with Crippen molar-refractivity contribution in [3.63, 3.8) is 0 Å². The van der Waals surface area contributed by atoms with E-state index in [4.69, 9.17) is 9.47 Å². The van der Waals surface area contributed by atoms with Crippen molar-refractivity contribution >= 4 is 11.8 Å². The molecule has 0 aliphatic carbocycles. The molecule has 0 saturated carbocycles. The van der Waals surface area contributed by atoms with Crippen LogP contribution in [0.3, 0.4) is 0 Å². The van der Waals surface area contributed by atoms with Gasteiger partial charge in [0.2, 0.25) is 18.6 Å². The fraction of sp³-hybridized carbons (Fsp3) is 0.556. The first-order valence-corrected chi connectivity index (χ1v) is 8.70. The highest BCUT2D eigenvalue weighted by Gasteiger charge is 2.43. The summed E-state index contributed by atoms with van der Waals surface area (Å²) in [5.41, 5.74) is 0.595. The minimum absolute atomic E-state index is 0.0303. The van der Waals surface area contributed by atoms with Crippen molar-refractivity contribution in [2.24, 2.45) is 5.41 Å². The van der Waals surface area contributed by atoms with Gasteiger partial charge in [-0.2, -0.15) is 0 Å². The van der Waals surface area contributed by atoms with Crippen molar-refractivity contribution < 1.29 is 19.1 Å². The van der Waals surface area contributed by atoms with Gasteiger partial charge in [-0.05, 0) is 24.6 Å². The first kappa shape index (κ1) is 16.2. The Morgan fingerprint density at radius 1 is 1.20 bits per heavy atom. The molecule has 3 aliphatic rings. The van der Waals surface area contributed by atoms with Gasteiger partial charge in [0.15, 0.2) is 11.5 Å². The molecule has 2 saturated heterocycles. The number of ether oxygens (including phenoxy) is 2. The summed E-state index contributed by atoms with van der Waals surface area (Å²) in [5, 5.41) is 2.77. The van der Waals surface area contributed by atoms with E-state index in [-0.39, 0.29) is 18.6 Å². The SMILES string of the molecule is CC1(C(=O)N2CCN(Cc3ccc4c(c3)OCO4)CC2)CNC(=O)C1. The average molecular weight is 345 g/mol. The summed E-state index contributed by atoms with van der Waals surface area (Å²) >= 11 is 0. The van der Waals surface area contributed by atoms with Crippen LogP contribution in [0.15, 0.2) is 18.2 Å². The second kappa shape index (κ2) is 6.22. The van der Waals surface area contributed by atoms with Gasteiger partial charge >= 0.3 is 0 Å². The number of carbonyl (C=O) groups excluding carboxylic acids is 2. The lowest BCUT2D eigenvalue weighted by atomic mass is 9.87. The molecule has 0 spiro atoms. The van der Waals surface area contributed by atoms with Crippen LogP contribution < -0.4 is 14.8 Å².